The van der Waals surface area contributed by atoms with Gasteiger partial charge >= 0.3 is 5.97 Å². The topological polar surface area (TPSA) is 59.4 Å². The Labute approximate surface area is 116 Å². The number of carboxylic acids is 1. The molecule has 0 aliphatic rings. The molecule has 0 bridgehead atoms. The first kappa shape index (κ1) is 13.0. The lowest BCUT2D eigenvalue weighted by molar-refractivity contribution is 0.0690. The van der Waals surface area contributed by atoms with Gasteiger partial charge in [0, 0.05) is 5.56 Å². The summed E-state index contributed by atoms with van der Waals surface area (Å²) in [5.41, 5.74) is 1.91. The highest BCUT2D eigenvalue weighted by molar-refractivity contribution is 9.11. The fourth-order valence-electron chi connectivity index (χ4n) is 1.57. The largest absolute Gasteiger partial charge is 0.496 e. The Bertz CT molecular complexity index is 609. The molecule has 0 spiro atoms. The minimum atomic E-state index is -1.03. The first-order chi connectivity index (χ1) is 8.52. The van der Waals surface area contributed by atoms with Gasteiger partial charge in [-0.3, -0.25) is 0 Å². The van der Waals surface area contributed by atoms with Gasteiger partial charge in [-0.05, 0) is 46.6 Å². The van der Waals surface area contributed by atoms with Crippen molar-refractivity contribution in [2.45, 2.75) is 6.92 Å². The number of nitrogens with zero attached hydrogens (tertiary/aromatic N) is 1. The molecule has 1 aromatic carbocycles. The number of hydrogen-bond donors (Lipinski definition) is 1. The smallest absolute Gasteiger partial charge is 0.356 e. The van der Waals surface area contributed by atoms with Crippen LogP contribution in [0.1, 0.15) is 16.1 Å². The Morgan fingerprint density at radius 3 is 2.72 bits per heavy atom. The molecule has 2 rings (SSSR count). The average Bonchev–Trinajstić information content (AvgIpc) is 2.71. The predicted octanol–water partition coefficient (Wildman–Crippen LogP) is 3.59. The minimum absolute atomic E-state index is 0.0449. The highest BCUT2D eigenvalue weighted by Gasteiger charge is 2.16. The summed E-state index contributed by atoms with van der Waals surface area (Å²) >= 11 is 4.51. The molecule has 18 heavy (non-hydrogen) atoms. The standard InChI is InChI=1S/C12H10BrNO3S/c1-6-5-7(3-4-8(6)17-2)11-14-9(12(15)16)10(13)18-11/h3-5H,1-2H3,(H,15,16). The maximum absolute atomic E-state index is 10.9. The van der Waals surface area contributed by atoms with Crippen LogP contribution in [0.3, 0.4) is 0 Å². The van der Waals surface area contributed by atoms with Crippen LogP contribution in [-0.4, -0.2) is 23.2 Å². The van der Waals surface area contributed by atoms with E-state index < -0.39 is 5.97 Å². The van der Waals surface area contributed by atoms with E-state index in [1.54, 1.807) is 7.11 Å². The number of carboxylic acid groups (broad SMARTS) is 1. The maximum Gasteiger partial charge on any atom is 0.356 e. The number of benzene rings is 1. The van der Waals surface area contributed by atoms with Gasteiger partial charge in [-0.1, -0.05) is 0 Å². The Kier molecular flexibility index (Phi) is 3.68. The highest BCUT2D eigenvalue weighted by atomic mass is 79.9. The van der Waals surface area contributed by atoms with Crippen LogP contribution in [0.4, 0.5) is 0 Å². The van der Waals surface area contributed by atoms with Gasteiger partial charge in [-0.25, -0.2) is 9.78 Å². The molecule has 0 fully saturated rings. The van der Waals surface area contributed by atoms with Gasteiger partial charge < -0.3 is 9.84 Å². The molecule has 1 N–H and O–H groups in total. The number of aryl methyl sites for hydroxylation is 1. The van der Waals surface area contributed by atoms with E-state index in [0.29, 0.717) is 8.79 Å². The van der Waals surface area contributed by atoms with Crippen LogP contribution in [0.15, 0.2) is 22.0 Å². The normalized spacial score (nSPS) is 10.4. The van der Waals surface area contributed by atoms with Crippen molar-refractivity contribution in [3.05, 3.63) is 33.2 Å². The van der Waals surface area contributed by atoms with Crippen LogP contribution in [0.5, 0.6) is 5.75 Å². The summed E-state index contributed by atoms with van der Waals surface area (Å²) in [6.45, 7) is 1.93. The van der Waals surface area contributed by atoms with Gasteiger partial charge in [0.25, 0.3) is 0 Å². The van der Waals surface area contributed by atoms with Crippen molar-refractivity contribution in [3.8, 4) is 16.3 Å². The molecular formula is C12H10BrNO3S. The number of carbonyl (C=O) groups is 1. The zero-order chi connectivity index (χ0) is 13.3. The Hall–Kier alpha value is -1.40. The van der Waals surface area contributed by atoms with E-state index in [1.165, 1.54) is 11.3 Å². The molecule has 0 saturated heterocycles. The van der Waals surface area contributed by atoms with Crippen LogP contribution in [0.2, 0.25) is 0 Å². The van der Waals surface area contributed by atoms with Crippen LogP contribution in [0.25, 0.3) is 10.6 Å². The molecule has 6 heteroatoms. The molecule has 1 aromatic heterocycles. The number of aromatic nitrogens is 1. The van der Waals surface area contributed by atoms with E-state index in [1.807, 2.05) is 25.1 Å². The van der Waals surface area contributed by atoms with Crippen molar-refractivity contribution >= 4 is 33.2 Å². The first-order valence-corrected chi connectivity index (χ1v) is 6.68. The molecule has 0 atom stereocenters. The van der Waals surface area contributed by atoms with Crippen LogP contribution in [0, 0.1) is 6.92 Å². The zero-order valence-electron chi connectivity index (χ0n) is 9.73. The van der Waals surface area contributed by atoms with Gasteiger partial charge in [0.05, 0.1) is 7.11 Å². The molecule has 0 radical (unpaired) electrons. The van der Waals surface area contributed by atoms with Crippen molar-refractivity contribution in [2.24, 2.45) is 0 Å². The lowest BCUT2D eigenvalue weighted by atomic mass is 10.1. The molecule has 0 unspecified atom stereocenters. The van der Waals surface area contributed by atoms with Crippen LogP contribution in [-0.2, 0) is 0 Å². The monoisotopic (exact) mass is 327 g/mol. The molecular weight excluding hydrogens is 318 g/mol. The summed E-state index contributed by atoms with van der Waals surface area (Å²) in [7, 11) is 1.62. The van der Waals surface area contributed by atoms with Gasteiger partial charge in [0.1, 0.15) is 14.5 Å². The summed E-state index contributed by atoms with van der Waals surface area (Å²) in [4.78, 5) is 15.0. The van der Waals surface area contributed by atoms with Crippen molar-refractivity contribution in [3.63, 3.8) is 0 Å². The predicted molar refractivity (Wildman–Crippen MR) is 73.5 cm³/mol. The van der Waals surface area contributed by atoms with Gasteiger partial charge in [-0.2, -0.15) is 0 Å². The van der Waals surface area contributed by atoms with Gasteiger partial charge in [0.2, 0.25) is 0 Å². The fraction of sp³-hybridized carbons (Fsp3) is 0.167. The molecule has 1 heterocycles. The number of rotatable bonds is 3. The van der Waals surface area contributed by atoms with E-state index in [2.05, 4.69) is 20.9 Å². The molecule has 0 aliphatic carbocycles. The molecule has 2 aromatic rings. The number of halogens is 1. The minimum Gasteiger partial charge on any atom is -0.496 e. The molecule has 0 aliphatic heterocycles. The van der Waals surface area contributed by atoms with E-state index in [0.717, 1.165) is 16.9 Å². The van der Waals surface area contributed by atoms with Crippen LogP contribution >= 0.6 is 27.3 Å². The Balaban J connectivity index is 2.46. The summed E-state index contributed by atoms with van der Waals surface area (Å²) in [5.74, 6) is -0.234. The molecule has 94 valence electrons. The van der Waals surface area contributed by atoms with E-state index in [4.69, 9.17) is 9.84 Å². The second-order valence-corrected chi connectivity index (χ2v) is 5.95. The number of aromatic carboxylic acids is 1. The lowest BCUT2D eigenvalue weighted by Crippen LogP contribution is -1.97. The van der Waals surface area contributed by atoms with Crippen molar-refractivity contribution in [2.75, 3.05) is 7.11 Å². The summed E-state index contributed by atoms with van der Waals surface area (Å²) in [6.07, 6.45) is 0. The van der Waals surface area contributed by atoms with Crippen molar-refractivity contribution in [1.29, 1.82) is 0 Å². The Morgan fingerprint density at radius 2 is 2.22 bits per heavy atom. The third-order valence-corrected chi connectivity index (χ3v) is 4.18. The van der Waals surface area contributed by atoms with Gasteiger partial charge in [0.15, 0.2) is 5.69 Å². The van der Waals surface area contributed by atoms with Crippen LogP contribution < -0.4 is 4.74 Å². The molecule has 0 saturated carbocycles. The average molecular weight is 328 g/mol. The SMILES string of the molecule is COc1ccc(-c2nc(C(=O)O)c(Br)s2)cc1C. The second-order valence-electron chi connectivity index (χ2n) is 3.63. The van der Waals surface area contributed by atoms with Crippen molar-refractivity contribution in [1.82, 2.24) is 4.98 Å². The number of ether oxygens (including phenoxy) is 1. The highest BCUT2D eigenvalue weighted by Crippen LogP contribution is 2.33. The maximum atomic E-state index is 10.9. The summed E-state index contributed by atoms with van der Waals surface area (Å²) < 4.78 is 5.71. The van der Waals surface area contributed by atoms with E-state index in [-0.39, 0.29) is 5.69 Å². The second kappa shape index (κ2) is 5.07. The third kappa shape index (κ3) is 2.39. The number of thiazole rings is 1. The molecule has 0 amide bonds. The number of methoxy groups -OCH3 is 1. The zero-order valence-corrected chi connectivity index (χ0v) is 12.1. The van der Waals surface area contributed by atoms with Crippen molar-refractivity contribution < 1.29 is 14.6 Å². The van der Waals surface area contributed by atoms with Gasteiger partial charge in [-0.15, -0.1) is 11.3 Å². The quantitative estimate of drug-likeness (QED) is 0.935. The summed E-state index contributed by atoms with van der Waals surface area (Å²) in [6, 6.07) is 5.64. The van der Waals surface area contributed by atoms with E-state index in [9.17, 15) is 4.79 Å². The first-order valence-electron chi connectivity index (χ1n) is 5.07. The molecule has 4 nitrogen and oxygen atoms in total. The third-order valence-electron chi connectivity index (χ3n) is 2.43. The summed E-state index contributed by atoms with van der Waals surface area (Å²) in [5, 5.41) is 9.63. The number of hydrogen-bond acceptors (Lipinski definition) is 4. The lowest BCUT2D eigenvalue weighted by Gasteiger charge is -2.05. The van der Waals surface area contributed by atoms with E-state index >= 15 is 0 Å². The fourth-order valence-corrected chi connectivity index (χ4v) is 3.07. The Morgan fingerprint density at radius 1 is 1.50 bits per heavy atom.